The van der Waals surface area contributed by atoms with Gasteiger partial charge in [0.25, 0.3) is 0 Å². The van der Waals surface area contributed by atoms with Crippen LogP contribution in [0.5, 0.6) is 0 Å². The summed E-state index contributed by atoms with van der Waals surface area (Å²) in [5, 5.41) is 8.77. The molecule has 88 valence electrons. The maximum absolute atomic E-state index is 8.77. The molecule has 0 spiro atoms. The van der Waals surface area contributed by atoms with Crippen molar-refractivity contribution in [2.24, 2.45) is 11.8 Å². The first-order valence-electron chi connectivity index (χ1n) is 6.46. The molecule has 1 saturated carbocycles. The number of hydrogen-bond acceptors (Lipinski definition) is 3. The number of piperidine rings is 1. The van der Waals surface area contributed by atoms with Crippen molar-refractivity contribution < 1.29 is 0 Å². The van der Waals surface area contributed by atoms with Crippen LogP contribution in [0.2, 0.25) is 0 Å². The topological polar surface area (TPSA) is 39.9 Å². The van der Waals surface area contributed by atoms with E-state index in [2.05, 4.69) is 16.0 Å². The molecule has 2 aliphatic rings. The molecule has 17 heavy (non-hydrogen) atoms. The zero-order valence-electron chi connectivity index (χ0n) is 9.97. The van der Waals surface area contributed by atoms with E-state index >= 15 is 0 Å². The Morgan fingerprint density at radius 1 is 1.24 bits per heavy atom. The van der Waals surface area contributed by atoms with Crippen LogP contribution < -0.4 is 4.90 Å². The maximum Gasteiger partial charge on any atom is 0.128 e. The number of fused-ring (bicyclic) bond motifs is 2. The second-order valence-corrected chi connectivity index (χ2v) is 5.32. The maximum atomic E-state index is 8.77. The lowest BCUT2D eigenvalue weighted by atomic mass is 9.78. The van der Waals surface area contributed by atoms with E-state index in [1.165, 1.54) is 25.7 Å². The lowest BCUT2D eigenvalue weighted by Gasteiger charge is -2.41. The Balaban J connectivity index is 1.77. The second kappa shape index (κ2) is 4.37. The van der Waals surface area contributed by atoms with Gasteiger partial charge in [0.15, 0.2) is 0 Å². The monoisotopic (exact) mass is 227 g/mol. The number of aromatic nitrogens is 1. The molecule has 0 N–H and O–H groups in total. The van der Waals surface area contributed by atoms with Gasteiger partial charge in [0.1, 0.15) is 11.9 Å². The van der Waals surface area contributed by atoms with E-state index in [1.807, 2.05) is 12.1 Å². The highest BCUT2D eigenvalue weighted by atomic mass is 15.2. The number of nitrogens with zero attached hydrogens (tertiary/aromatic N) is 3. The van der Waals surface area contributed by atoms with Gasteiger partial charge in [-0.2, -0.15) is 5.26 Å². The van der Waals surface area contributed by atoms with Crippen LogP contribution >= 0.6 is 0 Å². The van der Waals surface area contributed by atoms with Gasteiger partial charge >= 0.3 is 0 Å². The van der Waals surface area contributed by atoms with E-state index in [9.17, 15) is 0 Å². The molecule has 0 amide bonds. The average Bonchev–Trinajstić information content (AvgIpc) is 2.38. The van der Waals surface area contributed by atoms with Crippen molar-refractivity contribution in [2.75, 3.05) is 18.0 Å². The first-order valence-corrected chi connectivity index (χ1v) is 6.46. The Hall–Kier alpha value is -1.56. The molecule has 2 unspecified atom stereocenters. The Morgan fingerprint density at radius 3 is 2.59 bits per heavy atom. The lowest BCUT2D eigenvalue weighted by Crippen LogP contribution is -2.43. The third kappa shape index (κ3) is 2.12. The molecule has 2 bridgehead atoms. The predicted octanol–water partition coefficient (Wildman–Crippen LogP) is 2.58. The first-order chi connectivity index (χ1) is 8.35. The van der Waals surface area contributed by atoms with Crippen molar-refractivity contribution in [3.63, 3.8) is 0 Å². The molecule has 3 nitrogen and oxygen atoms in total. The summed E-state index contributed by atoms with van der Waals surface area (Å²) >= 11 is 0. The molecule has 2 heterocycles. The SMILES string of the molecule is N#Cc1ccc(N2CC3CCCC(C3)C2)nc1. The molecule has 1 aromatic heterocycles. The third-order valence-corrected chi connectivity index (χ3v) is 4.05. The van der Waals surface area contributed by atoms with Gasteiger partial charge in [0.2, 0.25) is 0 Å². The van der Waals surface area contributed by atoms with Crippen LogP contribution in [0, 0.1) is 23.2 Å². The highest BCUT2D eigenvalue weighted by molar-refractivity contribution is 5.42. The minimum absolute atomic E-state index is 0.644. The van der Waals surface area contributed by atoms with Gasteiger partial charge in [0.05, 0.1) is 5.56 Å². The van der Waals surface area contributed by atoms with E-state index < -0.39 is 0 Å². The van der Waals surface area contributed by atoms with Gasteiger partial charge in [-0.05, 0) is 43.2 Å². The van der Waals surface area contributed by atoms with Crippen LogP contribution in [0.1, 0.15) is 31.2 Å². The molecule has 2 fully saturated rings. The summed E-state index contributed by atoms with van der Waals surface area (Å²) in [4.78, 5) is 6.81. The Bertz CT molecular complexity index is 420. The molecule has 3 heteroatoms. The molecule has 1 saturated heterocycles. The third-order valence-electron chi connectivity index (χ3n) is 4.05. The van der Waals surface area contributed by atoms with Crippen LogP contribution in [-0.4, -0.2) is 18.1 Å². The van der Waals surface area contributed by atoms with Crippen molar-refractivity contribution in [3.05, 3.63) is 23.9 Å². The van der Waals surface area contributed by atoms with Crippen LogP contribution in [0.25, 0.3) is 0 Å². The van der Waals surface area contributed by atoms with Crippen LogP contribution in [0.15, 0.2) is 18.3 Å². The Kier molecular flexibility index (Phi) is 2.72. The highest BCUT2D eigenvalue weighted by Crippen LogP contribution is 2.35. The van der Waals surface area contributed by atoms with Crippen LogP contribution in [-0.2, 0) is 0 Å². The van der Waals surface area contributed by atoms with Crippen molar-refractivity contribution in [2.45, 2.75) is 25.7 Å². The molecular weight excluding hydrogens is 210 g/mol. The largest absolute Gasteiger partial charge is 0.356 e. The van der Waals surface area contributed by atoms with Crippen LogP contribution in [0.4, 0.5) is 5.82 Å². The highest BCUT2D eigenvalue weighted by Gasteiger charge is 2.30. The summed E-state index contributed by atoms with van der Waals surface area (Å²) in [6.45, 7) is 2.30. The van der Waals surface area contributed by atoms with Gasteiger partial charge in [-0.15, -0.1) is 0 Å². The second-order valence-electron chi connectivity index (χ2n) is 5.32. The standard InChI is InChI=1S/C14H17N3/c15-7-13-4-5-14(16-8-13)17-9-11-2-1-3-12(6-11)10-17/h4-5,8,11-12H,1-3,6,9-10H2. The zero-order valence-corrected chi connectivity index (χ0v) is 9.97. The average molecular weight is 227 g/mol. The minimum Gasteiger partial charge on any atom is -0.356 e. The van der Waals surface area contributed by atoms with E-state index in [1.54, 1.807) is 6.20 Å². The van der Waals surface area contributed by atoms with E-state index in [-0.39, 0.29) is 0 Å². The van der Waals surface area contributed by atoms with Gasteiger partial charge in [-0.3, -0.25) is 0 Å². The molecule has 0 radical (unpaired) electrons. The quantitative estimate of drug-likeness (QED) is 0.740. The zero-order chi connectivity index (χ0) is 11.7. The van der Waals surface area contributed by atoms with E-state index in [4.69, 9.17) is 5.26 Å². The molecular formula is C14H17N3. The van der Waals surface area contributed by atoms with Gasteiger partial charge in [-0.25, -0.2) is 4.98 Å². The summed E-state index contributed by atoms with van der Waals surface area (Å²) in [5.74, 6) is 2.76. The number of rotatable bonds is 1. The molecule has 2 atom stereocenters. The Labute approximate surface area is 102 Å². The van der Waals surface area contributed by atoms with Crippen molar-refractivity contribution in [1.82, 2.24) is 4.98 Å². The number of anilines is 1. The Morgan fingerprint density at radius 2 is 2.00 bits per heavy atom. The van der Waals surface area contributed by atoms with Gasteiger partial charge in [0, 0.05) is 19.3 Å². The van der Waals surface area contributed by atoms with Crippen LogP contribution in [0.3, 0.4) is 0 Å². The normalized spacial score (nSPS) is 27.6. The summed E-state index contributed by atoms with van der Waals surface area (Å²) < 4.78 is 0. The summed E-state index contributed by atoms with van der Waals surface area (Å²) in [6.07, 6.45) is 7.25. The summed E-state index contributed by atoms with van der Waals surface area (Å²) in [7, 11) is 0. The van der Waals surface area contributed by atoms with E-state index in [0.29, 0.717) is 5.56 Å². The summed E-state index contributed by atoms with van der Waals surface area (Å²) in [5.41, 5.74) is 0.644. The number of hydrogen-bond donors (Lipinski definition) is 0. The van der Waals surface area contributed by atoms with Gasteiger partial charge in [-0.1, -0.05) is 6.42 Å². The summed E-state index contributed by atoms with van der Waals surface area (Å²) in [6, 6.07) is 5.97. The predicted molar refractivity (Wildman–Crippen MR) is 66.6 cm³/mol. The fraction of sp³-hybridized carbons (Fsp3) is 0.571. The van der Waals surface area contributed by atoms with E-state index in [0.717, 1.165) is 30.7 Å². The number of pyridine rings is 1. The van der Waals surface area contributed by atoms with Crippen molar-refractivity contribution >= 4 is 5.82 Å². The molecule has 3 rings (SSSR count). The van der Waals surface area contributed by atoms with Crippen molar-refractivity contribution in [3.8, 4) is 6.07 Å². The van der Waals surface area contributed by atoms with Crippen molar-refractivity contribution in [1.29, 1.82) is 5.26 Å². The fourth-order valence-electron chi connectivity index (χ4n) is 3.26. The van der Waals surface area contributed by atoms with Gasteiger partial charge < -0.3 is 4.90 Å². The minimum atomic E-state index is 0.644. The molecule has 0 aromatic carbocycles. The lowest BCUT2D eigenvalue weighted by molar-refractivity contribution is 0.230. The molecule has 1 aliphatic heterocycles. The molecule has 1 aliphatic carbocycles. The molecule has 1 aromatic rings. The fourth-order valence-corrected chi connectivity index (χ4v) is 3.26. The first kappa shape index (κ1) is 10.6. The number of nitriles is 1. The smallest absolute Gasteiger partial charge is 0.128 e.